The maximum absolute atomic E-state index is 12.4. The lowest BCUT2D eigenvalue weighted by atomic mass is 10.0. The van der Waals surface area contributed by atoms with Crippen molar-refractivity contribution in [2.45, 2.75) is 64.6 Å². The third kappa shape index (κ3) is 7.71. The van der Waals surface area contributed by atoms with Gasteiger partial charge in [-0.25, -0.2) is 0 Å². The summed E-state index contributed by atoms with van der Waals surface area (Å²) in [4.78, 5) is 12.4. The van der Waals surface area contributed by atoms with Gasteiger partial charge in [0.1, 0.15) is 11.6 Å². The van der Waals surface area contributed by atoms with Gasteiger partial charge in [-0.1, -0.05) is 66.7 Å². The molecule has 0 saturated heterocycles. The molecule has 1 N–H and O–H groups in total. The fourth-order valence-corrected chi connectivity index (χ4v) is 5.44. The van der Waals surface area contributed by atoms with Gasteiger partial charge in [0, 0.05) is 23.1 Å². The Morgan fingerprint density at radius 1 is 1.25 bits per heavy atom. The molecule has 8 heteroatoms. The number of aromatic nitrogens is 3. The van der Waals surface area contributed by atoms with Gasteiger partial charge in [-0.15, -0.1) is 16.8 Å². The Hall–Kier alpha value is -2.58. The van der Waals surface area contributed by atoms with E-state index in [4.69, 9.17) is 4.74 Å². The van der Waals surface area contributed by atoms with Crippen molar-refractivity contribution in [3.63, 3.8) is 0 Å². The van der Waals surface area contributed by atoms with Crippen LogP contribution < -0.4 is 10.1 Å². The molecule has 0 unspecified atom stereocenters. The predicted molar refractivity (Wildman–Crippen MR) is 152 cm³/mol. The molecule has 0 aliphatic carbocycles. The van der Waals surface area contributed by atoms with Crippen LogP contribution in [0.2, 0.25) is 0 Å². The summed E-state index contributed by atoms with van der Waals surface area (Å²) in [5.74, 6) is 2.39. The van der Waals surface area contributed by atoms with Crippen molar-refractivity contribution in [1.29, 1.82) is 0 Å². The van der Waals surface area contributed by atoms with Crippen LogP contribution in [0.25, 0.3) is 0 Å². The molecule has 0 atom stereocenters. The van der Waals surface area contributed by atoms with E-state index in [0.29, 0.717) is 24.2 Å². The molecule has 192 valence electrons. The van der Waals surface area contributed by atoms with Gasteiger partial charge in [0.25, 0.3) is 0 Å². The van der Waals surface area contributed by atoms with E-state index in [0.717, 1.165) is 46.6 Å². The van der Waals surface area contributed by atoms with E-state index in [1.807, 2.05) is 34.9 Å². The highest BCUT2D eigenvalue weighted by atomic mass is 79.9. The number of nitrogens with one attached hydrogen (secondary N) is 1. The summed E-state index contributed by atoms with van der Waals surface area (Å²) in [6.45, 7) is 13.6. The van der Waals surface area contributed by atoms with E-state index in [9.17, 15) is 4.79 Å². The molecule has 0 saturated carbocycles. The molecule has 1 aromatic heterocycles. The number of carbonyl (C=O) groups is 1. The third-order valence-electron chi connectivity index (χ3n) is 5.80. The van der Waals surface area contributed by atoms with Gasteiger partial charge in [0.2, 0.25) is 5.91 Å². The molecule has 2 aromatic carbocycles. The van der Waals surface area contributed by atoms with E-state index in [-0.39, 0.29) is 11.7 Å². The molecule has 36 heavy (non-hydrogen) atoms. The third-order valence-corrected chi connectivity index (χ3v) is 7.46. The summed E-state index contributed by atoms with van der Waals surface area (Å²) in [6.07, 6.45) is 4.33. The van der Waals surface area contributed by atoms with Crippen molar-refractivity contribution in [1.82, 2.24) is 14.8 Å². The van der Waals surface area contributed by atoms with Crippen molar-refractivity contribution >= 4 is 39.3 Å². The maximum Gasteiger partial charge on any atom is 0.234 e. The second-order valence-corrected chi connectivity index (χ2v) is 10.7. The number of amides is 1. The van der Waals surface area contributed by atoms with E-state index in [2.05, 4.69) is 77.9 Å². The first-order valence-corrected chi connectivity index (χ1v) is 14.1. The normalized spacial score (nSPS) is 11.1. The van der Waals surface area contributed by atoms with Crippen molar-refractivity contribution in [2.24, 2.45) is 0 Å². The molecule has 0 aliphatic rings. The standard InChI is InChI=1S/C28H35BrN4O2S/c1-6-14-33-26(9-8-15-35-25-17-23(19(3)4)24(29)16-20(25)5)31-32-28(33)36-18-27(34)30-22-12-10-21(7-2)11-13-22/h6,10-13,16-17,19H,1,7-9,14-15,18H2,2-5H3,(H,30,34). The molecule has 0 spiro atoms. The average molecular weight is 572 g/mol. The minimum absolute atomic E-state index is 0.0713. The zero-order chi connectivity index (χ0) is 26.1. The van der Waals surface area contributed by atoms with Gasteiger partial charge in [0.05, 0.1) is 12.4 Å². The minimum Gasteiger partial charge on any atom is -0.493 e. The molecule has 0 bridgehead atoms. The molecule has 3 rings (SSSR count). The monoisotopic (exact) mass is 570 g/mol. The highest BCUT2D eigenvalue weighted by molar-refractivity contribution is 9.10. The second kappa shape index (κ2) is 13.7. The zero-order valence-corrected chi connectivity index (χ0v) is 23.9. The van der Waals surface area contributed by atoms with Gasteiger partial charge >= 0.3 is 0 Å². The number of hydrogen-bond acceptors (Lipinski definition) is 5. The van der Waals surface area contributed by atoms with Gasteiger partial charge in [0.15, 0.2) is 5.16 Å². The molecule has 0 radical (unpaired) electrons. The highest BCUT2D eigenvalue weighted by Gasteiger charge is 2.14. The van der Waals surface area contributed by atoms with Crippen LogP contribution in [0.15, 0.2) is 58.7 Å². The minimum atomic E-state index is -0.0713. The molecule has 0 aliphatic heterocycles. The van der Waals surface area contributed by atoms with Crippen LogP contribution in [0.4, 0.5) is 5.69 Å². The number of halogens is 1. The summed E-state index contributed by atoms with van der Waals surface area (Å²) in [5.41, 5.74) is 4.39. The van der Waals surface area contributed by atoms with Gasteiger partial charge in [-0.3, -0.25) is 4.79 Å². The van der Waals surface area contributed by atoms with Gasteiger partial charge in [-0.2, -0.15) is 0 Å². The lowest BCUT2D eigenvalue weighted by molar-refractivity contribution is -0.113. The van der Waals surface area contributed by atoms with E-state index < -0.39 is 0 Å². The topological polar surface area (TPSA) is 69.0 Å². The summed E-state index contributed by atoms with van der Waals surface area (Å²) in [7, 11) is 0. The number of aryl methyl sites for hydroxylation is 3. The summed E-state index contributed by atoms with van der Waals surface area (Å²) < 4.78 is 9.24. The lowest BCUT2D eigenvalue weighted by Crippen LogP contribution is -2.15. The smallest absolute Gasteiger partial charge is 0.234 e. The number of allylic oxidation sites excluding steroid dienone is 1. The number of hydrogen-bond donors (Lipinski definition) is 1. The number of nitrogens with zero attached hydrogens (tertiary/aromatic N) is 3. The van der Waals surface area contributed by atoms with Gasteiger partial charge < -0.3 is 14.6 Å². The number of benzene rings is 2. The highest BCUT2D eigenvalue weighted by Crippen LogP contribution is 2.31. The Balaban J connectivity index is 1.54. The Bertz CT molecular complexity index is 1180. The number of thioether (sulfide) groups is 1. The van der Waals surface area contributed by atoms with Crippen LogP contribution in [0.5, 0.6) is 5.75 Å². The number of ether oxygens (including phenoxy) is 1. The van der Waals surface area contributed by atoms with Crippen LogP contribution in [-0.2, 0) is 24.2 Å². The largest absolute Gasteiger partial charge is 0.493 e. The average Bonchev–Trinajstić information content (AvgIpc) is 3.23. The van der Waals surface area contributed by atoms with E-state index in [1.165, 1.54) is 22.9 Å². The Kier molecular flexibility index (Phi) is 10.6. The van der Waals surface area contributed by atoms with Crippen LogP contribution in [0.3, 0.4) is 0 Å². The second-order valence-electron chi connectivity index (χ2n) is 8.93. The first-order chi connectivity index (χ1) is 17.3. The summed E-state index contributed by atoms with van der Waals surface area (Å²) >= 11 is 5.03. The molecular weight excluding hydrogens is 536 g/mol. The predicted octanol–water partition coefficient (Wildman–Crippen LogP) is 6.96. The van der Waals surface area contributed by atoms with Crippen molar-refractivity contribution in [3.05, 3.63) is 76.0 Å². The van der Waals surface area contributed by atoms with Crippen molar-refractivity contribution in [2.75, 3.05) is 17.7 Å². The Labute approximate surface area is 227 Å². The molecule has 3 aromatic rings. The fourth-order valence-electron chi connectivity index (χ4n) is 3.75. The van der Waals surface area contributed by atoms with Crippen molar-refractivity contribution < 1.29 is 9.53 Å². The van der Waals surface area contributed by atoms with Crippen LogP contribution >= 0.6 is 27.7 Å². The molecule has 1 heterocycles. The Morgan fingerprint density at radius 2 is 2.00 bits per heavy atom. The van der Waals surface area contributed by atoms with Crippen LogP contribution in [-0.4, -0.2) is 33.0 Å². The quantitative estimate of drug-likeness (QED) is 0.136. The summed E-state index contributed by atoms with van der Waals surface area (Å²) in [5, 5.41) is 12.4. The first kappa shape index (κ1) is 28.0. The van der Waals surface area contributed by atoms with Crippen molar-refractivity contribution in [3.8, 4) is 5.75 Å². The molecular formula is C28H35BrN4O2S. The SMILES string of the molecule is C=CCn1c(CCCOc2cc(C(C)C)c(Br)cc2C)nnc1SCC(=O)Nc1ccc(CC)cc1. The zero-order valence-electron chi connectivity index (χ0n) is 21.5. The maximum atomic E-state index is 12.4. The number of rotatable bonds is 13. The van der Waals surface area contributed by atoms with E-state index >= 15 is 0 Å². The lowest BCUT2D eigenvalue weighted by Gasteiger charge is -2.15. The van der Waals surface area contributed by atoms with Crippen LogP contribution in [0.1, 0.15) is 55.6 Å². The number of anilines is 1. The molecule has 1 amide bonds. The molecule has 6 nitrogen and oxygen atoms in total. The fraction of sp³-hybridized carbons (Fsp3) is 0.393. The summed E-state index contributed by atoms with van der Waals surface area (Å²) in [6, 6.07) is 12.2. The van der Waals surface area contributed by atoms with Gasteiger partial charge in [-0.05, 0) is 66.6 Å². The number of carbonyl (C=O) groups excluding carboxylic acids is 1. The molecule has 0 fully saturated rings. The van der Waals surface area contributed by atoms with Crippen LogP contribution in [0, 0.1) is 6.92 Å². The first-order valence-electron chi connectivity index (χ1n) is 12.3. The van der Waals surface area contributed by atoms with E-state index in [1.54, 1.807) is 0 Å². The Morgan fingerprint density at radius 3 is 2.67 bits per heavy atom.